The summed E-state index contributed by atoms with van der Waals surface area (Å²) < 4.78 is 45.1. The van der Waals surface area contributed by atoms with E-state index in [1.54, 1.807) is 112 Å². The summed E-state index contributed by atoms with van der Waals surface area (Å²) in [6.07, 6.45) is -7.15. The first-order valence-corrected chi connectivity index (χ1v) is 45.5. The fourth-order valence-corrected chi connectivity index (χ4v) is 17.3. The summed E-state index contributed by atoms with van der Waals surface area (Å²) >= 11 is 0.640. The number of hydrogen-bond donors (Lipinski definition) is 16. The van der Waals surface area contributed by atoms with Crippen molar-refractivity contribution < 1.29 is 120 Å². The van der Waals surface area contributed by atoms with Crippen molar-refractivity contribution in [2.45, 2.75) is 215 Å². The molecule has 0 saturated carbocycles. The summed E-state index contributed by atoms with van der Waals surface area (Å²) in [7, 11) is 3.54. The summed E-state index contributed by atoms with van der Waals surface area (Å²) in [5, 5.41) is 77.3. The number of unbranched alkanes of at least 4 members (excludes halogenated alkanes) is 1. The molecule has 3 aliphatic rings. The molecule has 9 rings (SSSR count). The van der Waals surface area contributed by atoms with Crippen molar-refractivity contribution in [1.29, 1.82) is 0 Å². The first-order chi connectivity index (χ1) is 64.0. The lowest BCUT2D eigenvalue weighted by Crippen LogP contribution is -2.62. The van der Waals surface area contributed by atoms with Gasteiger partial charge in [-0.3, -0.25) is 81.5 Å². The normalized spacial score (nSPS) is 24.5. The predicted molar refractivity (Wildman–Crippen MR) is 484 cm³/mol. The molecule has 0 spiro atoms. The zero-order valence-electron chi connectivity index (χ0n) is 75.9. The van der Waals surface area contributed by atoms with Gasteiger partial charge in [0.05, 0.1) is 30.9 Å². The van der Waals surface area contributed by atoms with Crippen LogP contribution in [0.25, 0.3) is 10.9 Å². The minimum Gasteiger partial charge on any atom is -0.508 e. The van der Waals surface area contributed by atoms with Gasteiger partial charge in [0.15, 0.2) is 17.5 Å². The summed E-state index contributed by atoms with van der Waals surface area (Å²) in [4.78, 5) is 258. The molecule has 15 amide bonds. The number of primary amides is 1. The Morgan fingerprint density at radius 3 is 1.59 bits per heavy atom. The number of nitrogens with zero attached hydrogens (tertiary/aromatic N) is 5. The molecule has 0 aliphatic carbocycles. The number of H-pyrrole nitrogens is 1. The van der Waals surface area contributed by atoms with Crippen LogP contribution >= 0.6 is 11.8 Å². The van der Waals surface area contributed by atoms with E-state index in [4.69, 9.17) is 5.73 Å². The van der Waals surface area contributed by atoms with Gasteiger partial charge >= 0.3 is 11.9 Å². The third-order valence-electron chi connectivity index (χ3n) is 23.7. The Balaban J connectivity index is 1.15. The van der Waals surface area contributed by atoms with Crippen LogP contribution in [0.1, 0.15) is 120 Å². The number of fused-ring (bicyclic) bond motifs is 3. The quantitative estimate of drug-likeness (QED) is 0.0370. The molecule has 0 bridgehead atoms. The summed E-state index contributed by atoms with van der Waals surface area (Å²) in [5.74, 6) is -27.5. The molecule has 3 aliphatic heterocycles. The number of aromatic nitrogens is 1. The highest BCUT2D eigenvalue weighted by molar-refractivity contribution is 8.00. The second-order valence-electron chi connectivity index (χ2n) is 34.8. The number of aromatic hydroxyl groups is 1. The number of benzene rings is 5. The zero-order valence-corrected chi connectivity index (χ0v) is 76.7. The number of halogens is 3. The van der Waals surface area contributed by atoms with Crippen LogP contribution in [0.3, 0.4) is 0 Å². The minimum atomic E-state index is -2.08. The highest BCUT2D eigenvalue weighted by Crippen LogP contribution is 2.29. The van der Waals surface area contributed by atoms with E-state index in [1.165, 1.54) is 52.2 Å². The Bertz CT molecular complexity index is 5270. The topological polar surface area (TPSA) is 558 Å². The molecule has 1 aromatic heterocycles. The molecule has 15 atom stereocenters. The van der Waals surface area contributed by atoms with Gasteiger partial charge in [0.1, 0.15) is 84.3 Å². The van der Waals surface area contributed by atoms with E-state index < -0.39 is 302 Å². The molecule has 3 fully saturated rings. The van der Waals surface area contributed by atoms with E-state index in [-0.39, 0.29) is 44.3 Å². The average molecular weight is 1900 g/mol. The lowest BCUT2D eigenvalue weighted by Gasteiger charge is -2.38. The van der Waals surface area contributed by atoms with Gasteiger partial charge in [0, 0.05) is 108 Å². The van der Waals surface area contributed by atoms with Gasteiger partial charge in [0.25, 0.3) is 0 Å². The van der Waals surface area contributed by atoms with Crippen molar-refractivity contribution >= 4 is 123 Å². The van der Waals surface area contributed by atoms with Gasteiger partial charge in [-0.05, 0) is 89.2 Å². The van der Waals surface area contributed by atoms with Gasteiger partial charge in [-0.2, -0.15) is 0 Å². The van der Waals surface area contributed by atoms with Gasteiger partial charge < -0.3 is 109 Å². The molecule has 0 radical (unpaired) electrons. The third kappa shape index (κ3) is 29.2. The van der Waals surface area contributed by atoms with Crippen LogP contribution in [0.4, 0.5) is 13.2 Å². The number of likely N-dealkylation sites (N-methyl/N-ethyl adjacent to an activating group) is 3. The largest absolute Gasteiger partial charge is 0.508 e. The third-order valence-corrected chi connectivity index (χ3v) is 24.7. The zero-order chi connectivity index (χ0) is 98.9. The molecule has 42 heteroatoms. The van der Waals surface area contributed by atoms with Gasteiger partial charge in [-0.15, -0.1) is 11.8 Å². The summed E-state index contributed by atoms with van der Waals surface area (Å²) in [6.45, 7) is 6.06. The Kier molecular flexibility index (Phi) is 38.1. The Hall–Kier alpha value is -13.5. The van der Waals surface area contributed by atoms with E-state index in [1.807, 2.05) is 0 Å². The molecule has 6 aromatic rings. The van der Waals surface area contributed by atoms with E-state index in [0.717, 1.165) is 31.5 Å². The van der Waals surface area contributed by atoms with Crippen molar-refractivity contribution in [3.8, 4) is 5.75 Å². The number of thioether (sulfide) groups is 1. The van der Waals surface area contributed by atoms with Crippen LogP contribution in [0, 0.1) is 29.3 Å². The number of aliphatic carboxylic acids is 2. The van der Waals surface area contributed by atoms with Gasteiger partial charge in [-0.25, -0.2) is 13.2 Å². The average Bonchev–Trinajstić information content (AvgIpc) is 1.68. The number of aromatic amines is 1. The Morgan fingerprint density at radius 1 is 0.511 bits per heavy atom. The Morgan fingerprint density at radius 2 is 1.01 bits per heavy atom. The highest BCUT2D eigenvalue weighted by atomic mass is 32.2. The van der Waals surface area contributed by atoms with Crippen molar-refractivity contribution in [3.63, 3.8) is 0 Å². The van der Waals surface area contributed by atoms with E-state index in [0.29, 0.717) is 63.5 Å². The number of carbonyl (C=O) groups excluding carboxylic acids is 15. The number of amides is 15. The first-order valence-electron chi connectivity index (χ1n) is 44.3. The number of para-hydroxylation sites is 1. The first kappa shape index (κ1) is 105. The molecule has 17 N–H and O–H groups in total. The molecular formula is C93H117F3N16O22S. The molecule has 38 nitrogen and oxygen atoms in total. The molecule has 135 heavy (non-hydrogen) atoms. The van der Waals surface area contributed by atoms with Crippen LogP contribution in [0.15, 0.2) is 128 Å². The lowest BCUT2D eigenvalue weighted by atomic mass is 9.98. The maximum atomic E-state index is 15.7. The summed E-state index contributed by atoms with van der Waals surface area (Å²) in [5.41, 5.74) is 7.16. The number of phenols is 1. The fraction of sp³-hybridized carbons (Fsp3) is 0.473. The fourth-order valence-electron chi connectivity index (χ4n) is 16.5. The number of aliphatic hydroxyl groups excluding tert-OH is 2. The maximum Gasteiger partial charge on any atom is 0.305 e. The van der Waals surface area contributed by atoms with Crippen LogP contribution in [0.5, 0.6) is 5.75 Å². The SMILES string of the molecule is CCCC[C@H]1C(=O)N2C[C@@H](O)C[C@@H]2C(=O)N[C@@H](CC(=O)O)C(=O)N[C@@H](C(C)C)C(=O)N(C)[C@@H](Cc2ccccc2)C(=O)N[C@@H](CCC(=O)O)C(=O)N2C[C@@H](O)C[C@@H]2C(=O)N[C@@H](Cc2c[nH]c3ccccc23)C(=O)N[C@@H](Cc2ccc(O)cc2)C(=O)N[C@@H](CC(C)C)C(=O)N[C@H](C(=O)NCC(N)=O)CSCC(=O)N[C@@H](Cc2cc(F)c(F)c(F)c2)C(=O)N(C)[C@@H](Cc2ccccc2)C(=O)N1C. The molecule has 4 heterocycles. The van der Waals surface area contributed by atoms with Gasteiger partial charge in [0.2, 0.25) is 88.6 Å². The van der Waals surface area contributed by atoms with E-state index in [9.17, 15) is 63.5 Å². The van der Waals surface area contributed by atoms with Crippen molar-refractivity contribution in [2.75, 3.05) is 52.3 Å². The number of nitrogens with two attached hydrogens (primary N) is 1. The number of aliphatic hydroxyl groups is 2. The number of carboxylic acid groups (broad SMARTS) is 2. The van der Waals surface area contributed by atoms with Crippen molar-refractivity contribution in [1.82, 2.24) is 77.3 Å². The highest BCUT2D eigenvalue weighted by Gasteiger charge is 2.48. The number of hydrogen-bond acceptors (Lipinski definition) is 21. The Labute approximate surface area is 780 Å². The summed E-state index contributed by atoms with van der Waals surface area (Å²) in [6, 6.07) is 6.77. The monoisotopic (exact) mass is 1900 g/mol. The van der Waals surface area contributed by atoms with E-state index in [2.05, 4.69) is 52.8 Å². The number of carbonyl (C=O) groups is 17. The second kappa shape index (κ2) is 48.9. The lowest BCUT2D eigenvalue weighted by molar-refractivity contribution is -0.152. The van der Waals surface area contributed by atoms with Crippen LogP contribution in [-0.2, 0) is 114 Å². The molecule has 5 aromatic carbocycles. The van der Waals surface area contributed by atoms with Crippen molar-refractivity contribution in [2.24, 2.45) is 17.6 Å². The number of phenolic OH excluding ortho intramolecular Hbond substituents is 1. The van der Waals surface area contributed by atoms with Crippen LogP contribution in [-0.4, -0.2) is 299 Å². The molecule has 3 saturated heterocycles. The van der Waals surface area contributed by atoms with E-state index >= 15 is 56.7 Å². The smallest absolute Gasteiger partial charge is 0.305 e. The van der Waals surface area contributed by atoms with Gasteiger partial charge in [-0.1, -0.05) is 138 Å². The van der Waals surface area contributed by atoms with Crippen molar-refractivity contribution in [3.05, 3.63) is 173 Å². The number of carboxylic acids is 2. The number of rotatable bonds is 24. The van der Waals surface area contributed by atoms with Crippen LogP contribution in [0.2, 0.25) is 0 Å². The van der Waals surface area contributed by atoms with Crippen LogP contribution < -0.4 is 53.6 Å². The molecule has 728 valence electrons. The standard InChI is InChI=1S/C93H117F3N16O22S/c1-9-10-25-70-92(133)112-46-58(115)41-73(112)88(129)105-67(42-78(120)121)85(126)107-80(50(4)5)93(134)109(7)71(37-51-19-13-11-14-20-51)86(127)101-63(30-31-77(118)119)90(131)111-45-57(114)40-72(111)87(128)104-66(39-55-43-98-62-24-18-17-23-59(55)62)84(125)103-65(35-53-26-28-56(113)29-27-53)83(124)102-64(32-49(2)3)82(123)106-69(81(122)99-44-75(97)116)47-135-48-76(117)100-68(36-54-33-60(94)79(96)61(95)34-54)89(130)110(8)74(91(132)108(70)6)38-52-21-15-12-16-22-52/h11-24,26-29,33-34,43,49-50,57-58,63-74,80,98,113-115H,9-10,25,30-32,35-42,44-48H2,1-8H3,(H2,97,116)(H,99,122)(H,100,117)(H,101,127)(H,102,124)(H,103,125)(H,104,128)(H,105,129)(H,106,123)(H,107,126)(H,118,119)(H,120,121)/t57-,58-,63-,64-,65-,66-,67-,68-,69-,70-,71-,72+,73+,74-,80-/m0/s1. The minimum absolute atomic E-state index is 0.150. The second-order valence-corrected chi connectivity index (χ2v) is 35.8. The molecular weight excluding hydrogens is 1780 g/mol. The predicted octanol–water partition coefficient (Wildman–Crippen LogP) is 0.667. The maximum absolute atomic E-state index is 15.7. The number of nitrogens with one attached hydrogen (secondary N) is 10. The molecule has 0 unspecified atom stereocenters.